The van der Waals surface area contributed by atoms with Crippen molar-refractivity contribution in [2.75, 3.05) is 19.6 Å². The molecular formula is C41H77NO2. The molecule has 0 bridgehead atoms. The van der Waals surface area contributed by atoms with Gasteiger partial charge >= 0.3 is 5.97 Å². The molecule has 1 atom stereocenters. The quantitative estimate of drug-likeness (QED) is 0.0410. The molecule has 44 heavy (non-hydrogen) atoms. The van der Waals surface area contributed by atoms with Crippen molar-refractivity contribution in [2.45, 2.75) is 201 Å². The maximum Gasteiger partial charge on any atom is 0.306 e. The minimum absolute atomic E-state index is 0.0202. The van der Waals surface area contributed by atoms with Crippen molar-refractivity contribution in [3.05, 3.63) is 36.5 Å². The molecule has 0 saturated heterocycles. The number of ether oxygens (including phenoxy) is 1. The van der Waals surface area contributed by atoms with E-state index < -0.39 is 0 Å². The summed E-state index contributed by atoms with van der Waals surface area (Å²) < 4.78 is 6.05. The van der Waals surface area contributed by atoms with Gasteiger partial charge in [-0.25, -0.2) is 0 Å². The summed E-state index contributed by atoms with van der Waals surface area (Å²) in [7, 11) is 0. The van der Waals surface area contributed by atoms with Crippen LogP contribution in [0.1, 0.15) is 195 Å². The molecule has 0 aliphatic carbocycles. The van der Waals surface area contributed by atoms with Crippen molar-refractivity contribution in [3.8, 4) is 0 Å². The van der Waals surface area contributed by atoms with Crippen LogP contribution in [0.3, 0.4) is 0 Å². The molecule has 0 saturated carbocycles. The molecule has 0 aromatic heterocycles. The number of allylic oxidation sites excluding steroid dienone is 6. The number of hydrogen-bond donors (Lipinski definition) is 0. The van der Waals surface area contributed by atoms with Gasteiger partial charge in [0.2, 0.25) is 0 Å². The second kappa shape index (κ2) is 36.1. The van der Waals surface area contributed by atoms with Crippen LogP contribution in [-0.2, 0) is 9.53 Å². The Hall–Kier alpha value is -1.35. The van der Waals surface area contributed by atoms with Crippen molar-refractivity contribution < 1.29 is 9.53 Å². The summed E-state index contributed by atoms with van der Waals surface area (Å²) in [6.07, 6.45) is 45.9. The van der Waals surface area contributed by atoms with Gasteiger partial charge in [-0.05, 0) is 116 Å². The van der Waals surface area contributed by atoms with Crippen LogP contribution < -0.4 is 0 Å². The lowest BCUT2D eigenvalue weighted by Gasteiger charge is -2.20. The van der Waals surface area contributed by atoms with E-state index in [1.165, 1.54) is 141 Å². The van der Waals surface area contributed by atoms with Crippen LogP contribution in [0.2, 0.25) is 0 Å². The molecule has 258 valence electrons. The van der Waals surface area contributed by atoms with Crippen molar-refractivity contribution in [3.63, 3.8) is 0 Å². The Morgan fingerprint density at radius 3 is 1.30 bits per heavy atom. The first-order valence-corrected chi connectivity index (χ1v) is 19.5. The highest BCUT2D eigenvalue weighted by molar-refractivity contribution is 5.69. The second-order valence-electron chi connectivity index (χ2n) is 12.9. The maximum atomic E-state index is 12.6. The third-order valence-electron chi connectivity index (χ3n) is 8.74. The van der Waals surface area contributed by atoms with E-state index in [0.29, 0.717) is 6.42 Å². The largest absolute Gasteiger partial charge is 0.462 e. The van der Waals surface area contributed by atoms with Gasteiger partial charge in [-0.3, -0.25) is 4.79 Å². The Bertz CT molecular complexity index is 664. The summed E-state index contributed by atoms with van der Waals surface area (Å²) in [4.78, 5) is 15.0. The highest BCUT2D eigenvalue weighted by Gasteiger charge is 2.14. The molecule has 0 aliphatic heterocycles. The lowest BCUT2D eigenvalue weighted by molar-refractivity contribution is -0.150. The average molecular weight is 616 g/mol. The second-order valence-corrected chi connectivity index (χ2v) is 12.9. The van der Waals surface area contributed by atoms with Gasteiger partial charge in [-0.15, -0.1) is 0 Å². The standard InChI is InChI=1S/C41H77NO2/c1-5-9-11-13-15-17-19-21-23-25-27-29-31-33-36-40(44-41(43)38-35-39-42(7-3)8-4)37-34-32-30-28-26-24-22-20-18-16-14-12-10-6-2/h11-14,23,25,40H,5-10,15-22,24,26-39H2,1-4H3/b13-11-,14-12-,25-23-. The number of hydrogen-bond acceptors (Lipinski definition) is 3. The predicted molar refractivity (Wildman–Crippen MR) is 196 cm³/mol. The zero-order valence-corrected chi connectivity index (χ0v) is 30.3. The van der Waals surface area contributed by atoms with Crippen LogP contribution in [0, 0.1) is 0 Å². The monoisotopic (exact) mass is 616 g/mol. The fourth-order valence-corrected chi connectivity index (χ4v) is 5.74. The predicted octanol–water partition coefficient (Wildman–Crippen LogP) is 13.1. The number of rotatable bonds is 34. The van der Waals surface area contributed by atoms with E-state index in [1.54, 1.807) is 0 Å². The van der Waals surface area contributed by atoms with Gasteiger partial charge in [0.05, 0.1) is 0 Å². The van der Waals surface area contributed by atoms with Crippen molar-refractivity contribution in [1.82, 2.24) is 4.90 Å². The Balaban J connectivity index is 4.13. The van der Waals surface area contributed by atoms with E-state index in [9.17, 15) is 4.79 Å². The molecule has 0 rings (SSSR count). The van der Waals surface area contributed by atoms with Crippen molar-refractivity contribution in [2.24, 2.45) is 0 Å². The van der Waals surface area contributed by atoms with E-state index >= 15 is 0 Å². The molecule has 0 aliphatic rings. The first-order valence-electron chi connectivity index (χ1n) is 19.5. The lowest BCUT2D eigenvalue weighted by Crippen LogP contribution is -2.25. The Morgan fingerprint density at radius 1 is 0.500 bits per heavy atom. The van der Waals surface area contributed by atoms with E-state index in [4.69, 9.17) is 4.74 Å². The molecule has 3 heteroatoms. The molecule has 0 spiro atoms. The van der Waals surface area contributed by atoms with E-state index in [-0.39, 0.29) is 12.1 Å². The Kier molecular flexibility index (Phi) is 35.0. The van der Waals surface area contributed by atoms with Gasteiger partial charge in [0, 0.05) is 6.42 Å². The Morgan fingerprint density at radius 2 is 0.864 bits per heavy atom. The van der Waals surface area contributed by atoms with Gasteiger partial charge in [0.15, 0.2) is 0 Å². The molecule has 0 aromatic carbocycles. The minimum atomic E-state index is 0.0202. The fraction of sp³-hybridized carbons (Fsp3) is 0.829. The molecule has 0 amide bonds. The van der Waals surface area contributed by atoms with Crippen LogP contribution in [0.25, 0.3) is 0 Å². The molecule has 0 heterocycles. The van der Waals surface area contributed by atoms with E-state index in [2.05, 4.69) is 69.1 Å². The average Bonchev–Trinajstić information content (AvgIpc) is 3.03. The van der Waals surface area contributed by atoms with Crippen LogP contribution >= 0.6 is 0 Å². The van der Waals surface area contributed by atoms with Crippen LogP contribution in [0.15, 0.2) is 36.5 Å². The summed E-state index contributed by atoms with van der Waals surface area (Å²) in [6, 6.07) is 0. The fourth-order valence-electron chi connectivity index (χ4n) is 5.74. The normalized spacial score (nSPS) is 12.8. The maximum absolute atomic E-state index is 12.6. The zero-order valence-electron chi connectivity index (χ0n) is 30.3. The molecule has 3 nitrogen and oxygen atoms in total. The number of nitrogens with zero attached hydrogens (tertiary/aromatic N) is 1. The van der Waals surface area contributed by atoms with Crippen LogP contribution in [0.4, 0.5) is 0 Å². The molecule has 0 fully saturated rings. The summed E-state index contributed by atoms with van der Waals surface area (Å²) in [5, 5.41) is 0. The van der Waals surface area contributed by atoms with E-state index in [1.807, 2.05) is 0 Å². The van der Waals surface area contributed by atoms with Gasteiger partial charge in [0.25, 0.3) is 0 Å². The van der Waals surface area contributed by atoms with Crippen molar-refractivity contribution in [1.29, 1.82) is 0 Å². The molecular weight excluding hydrogens is 538 g/mol. The Labute approximate surface area is 276 Å². The topological polar surface area (TPSA) is 29.5 Å². The summed E-state index contributed by atoms with van der Waals surface area (Å²) in [5.41, 5.74) is 0. The third kappa shape index (κ3) is 32.1. The van der Waals surface area contributed by atoms with Crippen LogP contribution in [0.5, 0.6) is 0 Å². The summed E-state index contributed by atoms with van der Waals surface area (Å²) in [6.45, 7) is 12.0. The number of carbonyl (C=O) groups is 1. The van der Waals surface area contributed by atoms with Gasteiger partial charge < -0.3 is 9.64 Å². The number of carbonyl (C=O) groups excluding carboxylic acids is 1. The molecule has 0 N–H and O–H groups in total. The summed E-state index contributed by atoms with van der Waals surface area (Å²) in [5.74, 6) is 0.0202. The first-order chi connectivity index (χ1) is 21.7. The van der Waals surface area contributed by atoms with Gasteiger partial charge in [0.1, 0.15) is 6.10 Å². The minimum Gasteiger partial charge on any atom is -0.462 e. The molecule has 1 unspecified atom stereocenters. The summed E-state index contributed by atoms with van der Waals surface area (Å²) >= 11 is 0. The van der Waals surface area contributed by atoms with Crippen molar-refractivity contribution >= 4 is 5.97 Å². The van der Waals surface area contributed by atoms with Crippen LogP contribution in [-0.4, -0.2) is 36.6 Å². The molecule has 0 aromatic rings. The first kappa shape index (κ1) is 42.6. The highest BCUT2D eigenvalue weighted by Crippen LogP contribution is 2.18. The van der Waals surface area contributed by atoms with Gasteiger partial charge in [-0.2, -0.15) is 0 Å². The SMILES string of the molecule is CCC/C=C\CCCC/C=C\CCCCCC(CCCCCCCCCCC/C=C\CCC)OC(=O)CCCN(CC)CC. The van der Waals surface area contributed by atoms with Gasteiger partial charge in [-0.1, -0.05) is 128 Å². The molecule has 0 radical (unpaired) electrons. The number of unbranched alkanes of at least 4 members (excludes halogenated alkanes) is 17. The van der Waals surface area contributed by atoms with E-state index in [0.717, 1.165) is 38.9 Å². The highest BCUT2D eigenvalue weighted by atomic mass is 16.5. The lowest BCUT2D eigenvalue weighted by atomic mass is 10.0. The smallest absolute Gasteiger partial charge is 0.306 e. The zero-order chi connectivity index (χ0) is 32.2. The third-order valence-corrected chi connectivity index (χ3v) is 8.74. The number of esters is 1.